The highest BCUT2D eigenvalue weighted by molar-refractivity contribution is 5.89. The van der Waals surface area contributed by atoms with E-state index >= 15 is 0 Å². The molecule has 4 heteroatoms. The van der Waals surface area contributed by atoms with Crippen molar-refractivity contribution in [3.05, 3.63) is 0 Å². The Kier molecular flexibility index (Phi) is 2.34. The van der Waals surface area contributed by atoms with Crippen LogP contribution in [0.25, 0.3) is 0 Å². The fourth-order valence-corrected chi connectivity index (χ4v) is 1.63. The fourth-order valence-electron chi connectivity index (χ4n) is 1.63. The molecule has 0 aromatic heterocycles. The molecule has 0 atom stereocenters. The third-order valence-electron chi connectivity index (χ3n) is 2.41. The van der Waals surface area contributed by atoms with E-state index in [2.05, 4.69) is 5.10 Å². The molecule has 0 heterocycles. The molecule has 0 radical (unpaired) electrons. The van der Waals surface area contributed by atoms with E-state index in [1.807, 2.05) is 0 Å². The molecule has 0 saturated heterocycles. The van der Waals surface area contributed by atoms with Gasteiger partial charge >= 0.3 is 0 Å². The fraction of sp³-hybridized carbons (Fsp3) is 0.857. The van der Waals surface area contributed by atoms with Crippen molar-refractivity contribution in [2.24, 2.45) is 16.7 Å². The van der Waals surface area contributed by atoms with Crippen LogP contribution in [-0.2, 0) is 4.74 Å². The van der Waals surface area contributed by atoms with Crippen LogP contribution in [0, 0.1) is 0 Å². The first kappa shape index (κ1) is 8.33. The normalized spacial score (nSPS) is 23.9. The predicted molar refractivity (Wildman–Crippen MR) is 44.0 cm³/mol. The van der Waals surface area contributed by atoms with Gasteiger partial charge in [0, 0.05) is 7.11 Å². The monoisotopic (exact) mass is 157 g/mol. The number of amidine groups is 1. The average molecular weight is 157 g/mol. The highest BCUT2D eigenvalue weighted by Crippen LogP contribution is 2.32. The molecular formula is C7H15N3O. The molecule has 1 saturated carbocycles. The van der Waals surface area contributed by atoms with Crippen LogP contribution in [0.5, 0.6) is 0 Å². The molecule has 4 nitrogen and oxygen atoms in total. The molecule has 0 aliphatic heterocycles. The van der Waals surface area contributed by atoms with Gasteiger partial charge in [-0.25, -0.2) is 0 Å². The van der Waals surface area contributed by atoms with Gasteiger partial charge in [-0.1, -0.05) is 0 Å². The SMILES string of the molecule is COC1(/C(N)=N/N)CCCC1. The number of hydrazone groups is 1. The minimum atomic E-state index is -0.352. The van der Waals surface area contributed by atoms with Gasteiger partial charge < -0.3 is 16.3 Å². The molecule has 11 heavy (non-hydrogen) atoms. The van der Waals surface area contributed by atoms with Gasteiger partial charge in [0.05, 0.1) is 0 Å². The lowest BCUT2D eigenvalue weighted by Crippen LogP contribution is -2.43. The molecule has 0 unspecified atom stereocenters. The Balaban J connectivity index is 2.74. The van der Waals surface area contributed by atoms with Gasteiger partial charge in [0.15, 0.2) is 5.84 Å². The molecule has 0 spiro atoms. The topological polar surface area (TPSA) is 73.6 Å². The second kappa shape index (κ2) is 3.09. The van der Waals surface area contributed by atoms with E-state index < -0.39 is 0 Å². The molecule has 0 amide bonds. The predicted octanol–water partition coefficient (Wildman–Crippen LogP) is 0.176. The van der Waals surface area contributed by atoms with E-state index in [9.17, 15) is 0 Å². The van der Waals surface area contributed by atoms with Gasteiger partial charge in [0.1, 0.15) is 5.60 Å². The smallest absolute Gasteiger partial charge is 0.151 e. The minimum Gasteiger partial charge on any atom is -0.383 e. The van der Waals surface area contributed by atoms with Gasteiger partial charge in [-0.05, 0) is 25.7 Å². The van der Waals surface area contributed by atoms with Crippen LogP contribution in [0.3, 0.4) is 0 Å². The Morgan fingerprint density at radius 3 is 2.36 bits per heavy atom. The lowest BCUT2D eigenvalue weighted by atomic mass is 10.0. The van der Waals surface area contributed by atoms with E-state index in [0.29, 0.717) is 5.84 Å². The van der Waals surface area contributed by atoms with Crippen LogP contribution in [0.2, 0.25) is 0 Å². The minimum absolute atomic E-state index is 0.352. The van der Waals surface area contributed by atoms with Crippen LogP contribution < -0.4 is 11.6 Å². The summed E-state index contributed by atoms with van der Waals surface area (Å²) in [6, 6.07) is 0. The van der Waals surface area contributed by atoms with Gasteiger partial charge in [-0.2, -0.15) is 5.10 Å². The maximum Gasteiger partial charge on any atom is 0.151 e. The lowest BCUT2D eigenvalue weighted by molar-refractivity contribution is 0.0551. The first-order valence-corrected chi connectivity index (χ1v) is 3.84. The third kappa shape index (κ3) is 1.30. The van der Waals surface area contributed by atoms with Crippen LogP contribution >= 0.6 is 0 Å². The molecule has 0 aromatic carbocycles. The van der Waals surface area contributed by atoms with Gasteiger partial charge in [-0.3, -0.25) is 0 Å². The number of rotatable bonds is 2. The third-order valence-corrected chi connectivity index (χ3v) is 2.41. The summed E-state index contributed by atoms with van der Waals surface area (Å²) in [4.78, 5) is 0. The van der Waals surface area contributed by atoms with Crippen molar-refractivity contribution in [1.82, 2.24) is 0 Å². The Morgan fingerprint density at radius 2 is 2.00 bits per heavy atom. The number of ether oxygens (including phenoxy) is 1. The highest BCUT2D eigenvalue weighted by Gasteiger charge is 2.37. The molecule has 1 rings (SSSR count). The van der Waals surface area contributed by atoms with Crippen molar-refractivity contribution in [2.45, 2.75) is 31.3 Å². The van der Waals surface area contributed by atoms with E-state index in [1.165, 1.54) is 0 Å². The first-order valence-electron chi connectivity index (χ1n) is 3.84. The lowest BCUT2D eigenvalue weighted by Gasteiger charge is -2.25. The van der Waals surface area contributed by atoms with Gasteiger partial charge in [0.2, 0.25) is 0 Å². The van der Waals surface area contributed by atoms with Crippen molar-refractivity contribution in [1.29, 1.82) is 0 Å². The zero-order valence-electron chi connectivity index (χ0n) is 6.84. The van der Waals surface area contributed by atoms with Crippen molar-refractivity contribution in [3.8, 4) is 0 Å². The Labute approximate surface area is 66.6 Å². The van der Waals surface area contributed by atoms with E-state index in [-0.39, 0.29) is 5.60 Å². The quantitative estimate of drug-likeness (QED) is 0.260. The van der Waals surface area contributed by atoms with Crippen molar-refractivity contribution < 1.29 is 4.74 Å². The number of methoxy groups -OCH3 is 1. The summed E-state index contributed by atoms with van der Waals surface area (Å²) in [5.41, 5.74) is 5.27. The second-order valence-corrected chi connectivity index (χ2v) is 2.92. The van der Waals surface area contributed by atoms with Crippen LogP contribution in [-0.4, -0.2) is 18.5 Å². The van der Waals surface area contributed by atoms with E-state index in [4.69, 9.17) is 16.3 Å². The summed E-state index contributed by atoms with van der Waals surface area (Å²) in [6.45, 7) is 0. The van der Waals surface area contributed by atoms with Crippen molar-refractivity contribution in [2.75, 3.05) is 7.11 Å². The van der Waals surface area contributed by atoms with E-state index in [1.54, 1.807) is 7.11 Å². The molecule has 64 valence electrons. The Bertz CT molecular complexity index is 161. The maximum absolute atomic E-state index is 5.62. The molecule has 0 bridgehead atoms. The molecule has 1 aliphatic rings. The molecule has 1 aliphatic carbocycles. The van der Waals surface area contributed by atoms with E-state index in [0.717, 1.165) is 25.7 Å². The van der Waals surface area contributed by atoms with Crippen LogP contribution in [0.1, 0.15) is 25.7 Å². The second-order valence-electron chi connectivity index (χ2n) is 2.92. The zero-order valence-corrected chi connectivity index (χ0v) is 6.84. The molecule has 1 fully saturated rings. The van der Waals surface area contributed by atoms with Crippen LogP contribution in [0.4, 0.5) is 0 Å². The summed E-state index contributed by atoms with van der Waals surface area (Å²) in [7, 11) is 1.66. The van der Waals surface area contributed by atoms with Gasteiger partial charge in [0.25, 0.3) is 0 Å². The summed E-state index contributed by atoms with van der Waals surface area (Å²) >= 11 is 0. The standard InChI is InChI=1S/C7H15N3O/c1-11-7(6(8)10-9)4-2-3-5-7/h2-5,9H2,1H3,(H2,8,10). The Hall–Kier alpha value is -0.770. The average Bonchev–Trinajstić information content (AvgIpc) is 2.52. The Morgan fingerprint density at radius 1 is 1.45 bits per heavy atom. The maximum atomic E-state index is 5.62. The largest absolute Gasteiger partial charge is 0.383 e. The summed E-state index contributed by atoms with van der Waals surface area (Å²) in [5.74, 6) is 5.52. The summed E-state index contributed by atoms with van der Waals surface area (Å²) in [6.07, 6.45) is 4.17. The molecular weight excluding hydrogens is 142 g/mol. The summed E-state index contributed by atoms with van der Waals surface area (Å²) < 4.78 is 5.32. The first-order chi connectivity index (χ1) is 5.25. The number of nitrogens with two attached hydrogens (primary N) is 2. The molecule has 4 N–H and O–H groups in total. The summed E-state index contributed by atoms with van der Waals surface area (Å²) in [5, 5.41) is 3.48. The van der Waals surface area contributed by atoms with Crippen molar-refractivity contribution >= 4 is 5.84 Å². The van der Waals surface area contributed by atoms with Gasteiger partial charge in [-0.15, -0.1) is 0 Å². The number of hydrogen-bond donors (Lipinski definition) is 2. The van der Waals surface area contributed by atoms with Crippen LogP contribution in [0.15, 0.2) is 5.10 Å². The molecule has 0 aromatic rings. The van der Waals surface area contributed by atoms with Crippen molar-refractivity contribution in [3.63, 3.8) is 0 Å². The number of hydrogen-bond acceptors (Lipinski definition) is 3. The highest BCUT2D eigenvalue weighted by atomic mass is 16.5. The zero-order chi connectivity index (χ0) is 8.32. The number of nitrogens with zero attached hydrogens (tertiary/aromatic N) is 1.